The Morgan fingerprint density at radius 2 is 1.45 bits per heavy atom. The average molecular weight is 437 g/mol. The van der Waals surface area contributed by atoms with E-state index in [1.54, 1.807) is 0 Å². The van der Waals surface area contributed by atoms with Crippen molar-refractivity contribution in [2.45, 2.75) is 133 Å². The molecule has 0 aliphatic heterocycles. The molecule has 0 spiro atoms. The average Bonchev–Trinajstić information content (AvgIpc) is 3.52. The third-order valence-corrected chi connectivity index (χ3v) is 6.75. The summed E-state index contributed by atoms with van der Waals surface area (Å²) in [5.74, 6) is -1.00. The van der Waals surface area contributed by atoms with Crippen LogP contribution in [0.25, 0.3) is 0 Å². The van der Waals surface area contributed by atoms with Crippen molar-refractivity contribution in [3.63, 3.8) is 0 Å². The largest absolute Gasteiger partial charge is 0.480 e. The molecule has 0 aromatic heterocycles. The van der Waals surface area contributed by atoms with Gasteiger partial charge in [-0.2, -0.15) is 0 Å². The number of hydrogen-bond donors (Lipinski definition) is 3. The van der Waals surface area contributed by atoms with Crippen molar-refractivity contribution in [3.05, 3.63) is 12.7 Å². The van der Waals surface area contributed by atoms with Crippen molar-refractivity contribution < 1.29 is 19.4 Å². The Morgan fingerprint density at radius 1 is 0.903 bits per heavy atom. The van der Waals surface area contributed by atoms with Crippen LogP contribution in [0.4, 0.5) is 4.79 Å². The number of aliphatic carboxylic acids is 1. The SMILES string of the molecule is C1CCC(NC2CCCC2)C1.C=CCCCCC[C@H](NC(=O)OC1CCCC1)C(=O)O. The Labute approximate surface area is 188 Å². The molecule has 178 valence electrons. The number of rotatable bonds is 11. The summed E-state index contributed by atoms with van der Waals surface area (Å²) in [4.78, 5) is 22.7. The number of carboxylic acid groups (broad SMARTS) is 1. The second-order valence-electron chi connectivity index (χ2n) is 9.40. The highest BCUT2D eigenvalue weighted by Crippen LogP contribution is 2.23. The van der Waals surface area contributed by atoms with Gasteiger partial charge in [0.15, 0.2) is 0 Å². The third kappa shape index (κ3) is 11.0. The molecule has 1 amide bonds. The van der Waals surface area contributed by atoms with Gasteiger partial charge in [0.1, 0.15) is 12.1 Å². The number of carbonyl (C=O) groups excluding carboxylic acids is 1. The summed E-state index contributed by atoms with van der Waals surface area (Å²) in [6.07, 6.45) is 20.8. The molecule has 6 heteroatoms. The molecule has 3 aliphatic rings. The zero-order chi connectivity index (χ0) is 22.3. The molecule has 0 heterocycles. The predicted molar refractivity (Wildman–Crippen MR) is 124 cm³/mol. The molecule has 3 N–H and O–H groups in total. The van der Waals surface area contributed by atoms with Crippen molar-refractivity contribution in [1.82, 2.24) is 10.6 Å². The minimum Gasteiger partial charge on any atom is -0.480 e. The number of carbonyl (C=O) groups is 2. The number of allylic oxidation sites excluding steroid dienone is 1. The molecule has 0 saturated heterocycles. The molecule has 0 aromatic carbocycles. The number of nitrogens with one attached hydrogen (secondary N) is 2. The second-order valence-corrected chi connectivity index (χ2v) is 9.40. The number of alkyl carbamates (subject to hydrolysis) is 1. The molecule has 0 unspecified atom stereocenters. The van der Waals surface area contributed by atoms with Gasteiger partial charge >= 0.3 is 12.1 Å². The lowest BCUT2D eigenvalue weighted by molar-refractivity contribution is -0.139. The van der Waals surface area contributed by atoms with Crippen LogP contribution in [-0.4, -0.2) is 41.4 Å². The lowest BCUT2D eigenvalue weighted by Crippen LogP contribution is -2.42. The van der Waals surface area contributed by atoms with Gasteiger partial charge in [0.25, 0.3) is 0 Å². The smallest absolute Gasteiger partial charge is 0.408 e. The topological polar surface area (TPSA) is 87.7 Å². The first-order valence-electron chi connectivity index (χ1n) is 12.7. The van der Waals surface area contributed by atoms with E-state index in [2.05, 4.69) is 17.2 Å². The van der Waals surface area contributed by atoms with Crippen LogP contribution in [0, 0.1) is 0 Å². The fourth-order valence-corrected chi connectivity index (χ4v) is 4.92. The summed E-state index contributed by atoms with van der Waals surface area (Å²) < 4.78 is 5.21. The van der Waals surface area contributed by atoms with E-state index in [0.29, 0.717) is 6.42 Å². The first-order valence-corrected chi connectivity index (χ1v) is 12.7. The molecule has 0 radical (unpaired) electrons. The van der Waals surface area contributed by atoms with Crippen LogP contribution in [0.15, 0.2) is 12.7 Å². The number of amides is 1. The first kappa shape index (κ1) is 25.7. The van der Waals surface area contributed by atoms with Gasteiger partial charge in [-0.05, 0) is 70.6 Å². The zero-order valence-corrected chi connectivity index (χ0v) is 19.3. The maximum Gasteiger partial charge on any atom is 0.408 e. The standard InChI is InChI=1S/C15H25NO4.C10H19N/c1-2-3-4-5-6-11-13(14(17)18)16-15(19)20-12-9-7-8-10-12;1-2-6-9(5-1)11-10-7-3-4-8-10/h2,12-13H,1,3-11H2,(H,16,19)(H,17,18);9-11H,1-8H2/t13-;/m0./s1. The van der Waals surface area contributed by atoms with Crippen LogP contribution in [0.1, 0.15) is 109 Å². The molecule has 0 bridgehead atoms. The maximum atomic E-state index is 11.6. The van der Waals surface area contributed by atoms with E-state index >= 15 is 0 Å². The molecule has 1 atom stereocenters. The number of unbranched alkanes of at least 4 members (excludes halogenated alkanes) is 3. The van der Waals surface area contributed by atoms with Crippen molar-refractivity contribution in [1.29, 1.82) is 0 Å². The molecule has 6 nitrogen and oxygen atoms in total. The lowest BCUT2D eigenvalue weighted by Gasteiger charge is -2.17. The molecule has 3 fully saturated rings. The van der Waals surface area contributed by atoms with Gasteiger partial charge in [0.2, 0.25) is 0 Å². The maximum absolute atomic E-state index is 11.6. The summed E-state index contributed by atoms with van der Waals surface area (Å²) in [6.45, 7) is 3.64. The fraction of sp³-hybridized carbons (Fsp3) is 0.840. The normalized spacial score (nSPS) is 20.8. The monoisotopic (exact) mass is 436 g/mol. The summed E-state index contributed by atoms with van der Waals surface area (Å²) in [7, 11) is 0. The Kier molecular flexibility index (Phi) is 12.7. The Morgan fingerprint density at radius 3 is 1.97 bits per heavy atom. The van der Waals surface area contributed by atoms with E-state index in [-0.39, 0.29) is 6.10 Å². The lowest BCUT2D eigenvalue weighted by atomic mass is 10.1. The highest BCUT2D eigenvalue weighted by Gasteiger charge is 2.24. The van der Waals surface area contributed by atoms with E-state index in [1.165, 1.54) is 51.4 Å². The Bertz CT molecular complexity index is 508. The Balaban J connectivity index is 0.000000258. The van der Waals surface area contributed by atoms with E-state index in [4.69, 9.17) is 9.84 Å². The highest BCUT2D eigenvalue weighted by molar-refractivity contribution is 5.79. The zero-order valence-electron chi connectivity index (χ0n) is 19.3. The summed E-state index contributed by atoms with van der Waals surface area (Å²) in [6, 6.07) is 0.920. The van der Waals surface area contributed by atoms with Crippen molar-refractivity contribution in [2.24, 2.45) is 0 Å². The van der Waals surface area contributed by atoms with Gasteiger partial charge < -0.3 is 20.5 Å². The summed E-state index contributed by atoms with van der Waals surface area (Å²) in [5.41, 5.74) is 0. The van der Waals surface area contributed by atoms with Crippen molar-refractivity contribution in [2.75, 3.05) is 0 Å². The van der Waals surface area contributed by atoms with E-state index in [9.17, 15) is 9.59 Å². The van der Waals surface area contributed by atoms with Crippen LogP contribution in [0.5, 0.6) is 0 Å². The van der Waals surface area contributed by atoms with Crippen LogP contribution < -0.4 is 10.6 Å². The predicted octanol–water partition coefficient (Wildman–Crippen LogP) is 5.71. The number of hydrogen-bond acceptors (Lipinski definition) is 4. The van der Waals surface area contributed by atoms with Crippen LogP contribution in [-0.2, 0) is 9.53 Å². The molecule has 3 rings (SSSR count). The second kappa shape index (κ2) is 15.3. The van der Waals surface area contributed by atoms with Crippen molar-refractivity contribution >= 4 is 12.1 Å². The van der Waals surface area contributed by atoms with E-state index in [0.717, 1.165) is 63.5 Å². The van der Waals surface area contributed by atoms with Gasteiger partial charge in [-0.15, -0.1) is 6.58 Å². The molecular weight excluding hydrogens is 392 g/mol. The van der Waals surface area contributed by atoms with Crippen LogP contribution in [0.3, 0.4) is 0 Å². The van der Waals surface area contributed by atoms with Crippen molar-refractivity contribution in [3.8, 4) is 0 Å². The number of ether oxygens (including phenoxy) is 1. The van der Waals surface area contributed by atoms with Crippen LogP contribution in [0.2, 0.25) is 0 Å². The molecule has 3 aliphatic carbocycles. The molecule has 0 aromatic rings. The van der Waals surface area contributed by atoms with E-state index in [1.807, 2.05) is 6.08 Å². The minimum atomic E-state index is -1.00. The first-order chi connectivity index (χ1) is 15.1. The van der Waals surface area contributed by atoms with Gasteiger partial charge in [0.05, 0.1) is 0 Å². The summed E-state index contributed by atoms with van der Waals surface area (Å²) in [5, 5.41) is 15.3. The highest BCUT2D eigenvalue weighted by atomic mass is 16.6. The molecular formula is C25H44N2O4. The Hall–Kier alpha value is -1.56. The molecule has 3 saturated carbocycles. The van der Waals surface area contributed by atoms with Gasteiger partial charge in [-0.25, -0.2) is 9.59 Å². The van der Waals surface area contributed by atoms with Crippen LogP contribution >= 0.6 is 0 Å². The van der Waals surface area contributed by atoms with Gasteiger partial charge in [-0.3, -0.25) is 0 Å². The van der Waals surface area contributed by atoms with Gasteiger partial charge in [0, 0.05) is 12.1 Å². The quantitative estimate of drug-likeness (QED) is 0.285. The van der Waals surface area contributed by atoms with E-state index < -0.39 is 18.1 Å². The fourth-order valence-electron chi connectivity index (χ4n) is 4.92. The minimum absolute atomic E-state index is 0.0444. The molecule has 31 heavy (non-hydrogen) atoms. The third-order valence-electron chi connectivity index (χ3n) is 6.75. The number of carboxylic acids is 1. The summed E-state index contributed by atoms with van der Waals surface area (Å²) >= 11 is 0. The van der Waals surface area contributed by atoms with Gasteiger partial charge in [-0.1, -0.05) is 44.6 Å².